The van der Waals surface area contributed by atoms with Crippen LogP contribution in [0.25, 0.3) is 0 Å². The standard InChI is InChI=1S/C20H26N2O3.ClH/c1-15(19(21)17-8-4-3-5-9-17)20(23)22-14-16-7-6-10-18(13-16)25-12-11-24-2;/h3-10,13,15,19H,11-12,14,21H2,1-2H3,(H,22,23);1H. The molecule has 0 fully saturated rings. The van der Waals surface area contributed by atoms with Crippen molar-refractivity contribution in [2.45, 2.75) is 19.5 Å². The Kier molecular flexibility index (Phi) is 9.73. The number of carbonyl (C=O) groups is 1. The van der Waals surface area contributed by atoms with Crippen molar-refractivity contribution in [2.24, 2.45) is 11.7 Å². The SMILES string of the molecule is COCCOc1cccc(CNC(=O)C(C)C(N)c2ccccc2)c1.Cl. The van der Waals surface area contributed by atoms with Crippen LogP contribution in [-0.4, -0.2) is 26.2 Å². The third-order valence-corrected chi connectivity index (χ3v) is 4.06. The molecule has 0 bridgehead atoms. The zero-order valence-corrected chi connectivity index (χ0v) is 16.0. The van der Waals surface area contributed by atoms with Crippen molar-refractivity contribution in [1.29, 1.82) is 0 Å². The maximum atomic E-state index is 12.4. The molecule has 0 heterocycles. The summed E-state index contributed by atoms with van der Waals surface area (Å²) in [7, 11) is 1.64. The Balaban J connectivity index is 0.00000338. The number of halogens is 1. The lowest BCUT2D eigenvalue weighted by molar-refractivity contribution is -0.125. The molecule has 142 valence electrons. The fourth-order valence-corrected chi connectivity index (χ4v) is 2.47. The van der Waals surface area contributed by atoms with Gasteiger partial charge in [-0.25, -0.2) is 0 Å². The van der Waals surface area contributed by atoms with Crippen LogP contribution in [0.2, 0.25) is 0 Å². The van der Waals surface area contributed by atoms with E-state index in [1.807, 2.05) is 61.5 Å². The van der Waals surface area contributed by atoms with Gasteiger partial charge in [0.15, 0.2) is 0 Å². The second kappa shape index (κ2) is 11.5. The lowest BCUT2D eigenvalue weighted by atomic mass is 9.94. The van der Waals surface area contributed by atoms with E-state index in [4.69, 9.17) is 15.2 Å². The largest absolute Gasteiger partial charge is 0.491 e. The average Bonchev–Trinajstić information content (AvgIpc) is 2.66. The molecule has 0 saturated heterocycles. The highest BCUT2D eigenvalue weighted by Gasteiger charge is 2.21. The lowest BCUT2D eigenvalue weighted by Crippen LogP contribution is -2.35. The van der Waals surface area contributed by atoms with Crippen molar-refractivity contribution in [3.63, 3.8) is 0 Å². The van der Waals surface area contributed by atoms with Gasteiger partial charge in [-0.15, -0.1) is 12.4 Å². The van der Waals surface area contributed by atoms with Crippen LogP contribution in [0.3, 0.4) is 0 Å². The van der Waals surface area contributed by atoms with Crippen molar-refractivity contribution in [3.05, 3.63) is 65.7 Å². The van der Waals surface area contributed by atoms with E-state index in [0.29, 0.717) is 19.8 Å². The summed E-state index contributed by atoms with van der Waals surface area (Å²) in [4.78, 5) is 12.4. The Hall–Kier alpha value is -2.08. The van der Waals surface area contributed by atoms with E-state index in [9.17, 15) is 4.79 Å². The van der Waals surface area contributed by atoms with Gasteiger partial charge in [0.25, 0.3) is 0 Å². The molecule has 3 N–H and O–H groups in total. The fraction of sp³-hybridized carbons (Fsp3) is 0.350. The summed E-state index contributed by atoms with van der Waals surface area (Å²) < 4.78 is 10.5. The first kappa shape index (κ1) is 22.0. The van der Waals surface area contributed by atoms with E-state index in [0.717, 1.165) is 16.9 Å². The van der Waals surface area contributed by atoms with Crippen molar-refractivity contribution >= 4 is 18.3 Å². The third kappa shape index (κ3) is 6.67. The highest BCUT2D eigenvalue weighted by molar-refractivity contribution is 5.85. The molecular weight excluding hydrogens is 352 g/mol. The molecule has 0 saturated carbocycles. The Morgan fingerprint density at radius 1 is 1.12 bits per heavy atom. The van der Waals surface area contributed by atoms with Gasteiger partial charge in [-0.2, -0.15) is 0 Å². The molecule has 0 aliphatic rings. The number of amides is 1. The number of carbonyl (C=O) groups excluding carboxylic acids is 1. The van der Waals surface area contributed by atoms with E-state index in [-0.39, 0.29) is 30.3 Å². The molecule has 2 aromatic rings. The van der Waals surface area contributed by atoms with Crippen LogP contribution in [0, 0.1) is 5.92 Å². The average molecular weight is 379 g/mol. The highest BCUT2D eigenvalue weighted by Crippen LogP contribution is 2.19. The fourth-order valence-electron chi connectivity index (χ4n) is 2.47. The number of ether oxygens (including phenoxy) is 2. The lowest BCUT2D eigenvalue weighted by Gasteiger charge is -2.20. The first-order chi connectivity index (χ1) is 12.1. The molecule has 0 aromatic heterocycles. The Morgan fingerprint density at radius 2 is 1.85 bits per heavy atom. The topological polar surface area (TPSA) is 73.6 Å². The number of rotatable bonds is 9. The van der Waals surface area contributed by atoms with E-state index < -0.39 is 0 Å². The Morgan fingerprint density at radius 3 is 2.54 bits per heavy atom. The molecule has 0 aliphatic heterocycles. The van der Waals surface area contributed by atoms with Gasteiger partial charge < -0.3 is 20.5 Å². The quantitative estimate of drug-likeness (QED) is 0.657. The number of nitrogens with one attached hydrogen (secondary N) is 1. The van der Waals surface area contributed by atoms with Gasteiger partial charge in [0.1, 0.15) is 12.4 Å². The molecule has 2 rings (SSSR count). The summed E-state index contributed by atoms with van der Waals surface area (Å²) in [5.74, 6) is 0.378. The predicted octanol–water partition coefficient (Wildman–Crippen LogP) is 3.09. The maximum Gasteiger partial charge on any atom is 0.225 e. The normalized spacial score (nSPS) is 12.6. The van der Waals surface area contributed by atoms with E-state index in [1.165, 1.54) is 0 Å². The maximum absolute atomic E-state index is 12.4. The van der Waals surface area contributed by atoms with Gasteiger partial charge in [0.05, 0.1) is 12.5 Å². The zero-order chi connectivity index (χ0) is 18.1. The molecule has 0 spiro atoms. The summed E-state index contributed by atoms with van der Waals surface area (Å²) in [6.07, 6.45) is 0. The van der Waals surface area contributed by atoms with Gasteiger partial charge in [0.2, 0.25) is 5.91 Å². The molecule has 5 nitrogen and oxygen atoms in total. The first-order valence-electron chi connectivity index (χ1n) is 8.40. The number of hydrogen-bond acceptors (Lipinski definition) is 4. The molecule has 1 amide bonds. The smallest absolute Gasteiger partial charge is 0.225 e. The molecule has 2 unspecified atom stereocenters. The van der Waals surface area contributed by atoms with Crippen molar-refractivity contribution in [3.8, 4) is 5.75 Å². The minimum absolute atomic E-state index is 0. The molecule has 0 radical (unpaired) electrons. The minimum atomic E-state index is -0.329. The molecular formula is C20H27ClN2O3. The monoisotopic (exact) mass is 378 g/mol. The van der Waals surface area contributed by atoms with Gasteiger partial charge in [-0.05, 0) is 23.3 Å². The zero-order valence-electron chi connectivity index (χ0n) is 15.2. The summed E-state index contributed by atoms with van der Waals surface area (Å²) in [6.45, 7) is 3.31. The van der Waals surface area contributed by atoms with Gasteiger partial charge in [-0.1, -0.05) is 49.4 Å². The summed E-state index contributed by atoms with van der Waals surface area (Å²) in [5.41, 5.74) is 8.14. The van der Waals surface area contributed by atoms with Gasteiger partial charge in [-0.3, -0.25) is 4.79 Å². The number of hydrogen-bond donors (Lipinski definition) is 2. The molecule has 2 atom stereocenters. The number of methoxy groups -OCH3 is 1. The highest BCUT2D eigenvalue weighted by atomic mass is 35.5. The van der Waals surface area contributed by atoms with Crippen LogP contribution in [0.15, 0.2) is 54.6 Å². The Bertz CT molecular complexity index is 667. The van der Waals surface area contributed by atoms with E-state index in [1.54, 1.807) is 7.11 Å². The molecule has 6 heteroatoms. The van der Waals surface area contributed by atoms with Crippen LogP contribution in [0.5, 0.6) is 5.75 Å². The summed E-state index contributed by atoms with van der Waals surface area (Å²) >= 11 is 0. The van der Waals surface area contributed by atoms with Crippen molar-refractivity contribution < 1.29 is 14.3 Å². The van der Waals surface area contributed by atoms with Gasteiger partial charge >= 0.3 is 0 Å². The van der Waals surface area contributed by atoms with Crippen molar-refractivity contribution in [1.82, 2.24) is 5.32 Å². The predicted molar refractivity (Wildman–Crippen MR) is 105 cm³/mol. The summed E-state index contributed by atoms with van der Waals surface area (Å²) in [5, 5.41) is 2.94. The number of nitrogens with two attached hydrogens (primary N) is 1. The molecule has 2 aromatic carbocycles. The van der Waals surface area contributed by atoms with Crippen LogP contribution in [-0.2, 0) is 16.1 Å². The molecule has 0 aliphatic carbocycles. The third-order valence-electron chi connectivity index (χ3n) is 4.06. The summed E-state index contributed by atoms with van der Waals surface area (Å²) in [6, 6.07) is 17.0. The second-order valence-corrected chi connectivity index (χ2v) is 5.93. The van der Waals surface area contributed by atoms with E-state index >= 15 is 0 Å². The number of benzene rings is 2. The van der Waals surface area contributed by atoms with Crippen LogP contribution < -0.4 is 15.8 Å². The minimum Gasteiger partial charge on any atom is -0.491 e. The van der Waals surface area contributed by atoms with E-state index in [2.05, 4.69) is 5.32 Å². The molecule has 26 heavy (non-hydrogen) atoms. The first-order valence-corrected chi connectivity index (χ1v) is 8.40. The van der Waals surface area contributed by atoms with Crippen LogP contribution >= 0.6 is 12.4 Å². The van der Waals surface area contributed by atoms with Crippen LogP contribution in [0.1, 0.15) is 24.1 Å². The van der Waals surface area contributed by atoms with Gasteiger partial charge in [0, 0.05) is 19.7 Å². The van der Waals surface area contributed by atoms with Crippen molar-refractivity contribution in [2.75, 3.05) is 20.3 Å². The second-order valence-electron chi connectivity index (χ2n) is 5.93. The Labute approximate surface area is 161 Å². The van der Waals surface area contributed by atoms with Crippen LogP contribution in [0.4, 0.5) is 0 Å².